The largest absolute Gasteiger partial charge is 0.314 e. The van der Waals surface area contributed by atoms with Crippen LogP contribution in [-0.4, -0.2) is 26.6 Å². The molecule has 0 spiro atoms. The van der Waals surface area contributed by atoms with Crippen LogP contribution >= 0.6 is 0 Å². The summed E-state index contributed by atoms with van der Waals surface area (Å²) < 4.78 is 1.54. The number of aromatic nitrogens is 2. The first-order valence-electron chi connectivity index (χ1n) is 6.16. The molecule has 1 aromatic rings. The molecule has 0 aromatic carbocycles. The van der Waals surface area contributed by atoms with Crippen molar-refractivity contribution in [3.8, 4) is 0 Å². The second-order valence-electron chi connectivity index (χ2n) is 4.84. The SMILES string of the molecule is CC1CCCC(C)N1Nc1nccn(C)c1=O. The van der Waals surface area contributed by atoms with Crippen molar-refractivity contribution in [2.75, 3.05) is 5.43 Å². The van der Waals surface area contributed by atoms with Gasteiger partial charge in [-0.25, -0.2) is 9.99 Å². The molecule has 2 rings (SSSR count). The molecule has 0 saturated carbocycles. The smallest absolute Gasteiger partial charge is 0.294 e. The predicted octanol–water partition coefficient (Wildman–Crippen LogP) is 1.37. The second kappa shape index (κ2) is 4.87. The topological polar surface area (TPSA) is 50.2 Å². The van der Waals surface area contributed by atoms with Gasteiger partial charge in [-0.05, 0) is 26.7 Å². The molecule has 1 saturated heterocycles. The molecule has 1 aromatic heterocycles. The van der Waals surface area contributed by atoms with Gasteiger partial charge in [0.2, 0.25) is 5.82 Å². The Hall–Kier alpha value is -1.36. The number of nitrogens with zero attached hydrogens (tertiary/aromatic N) is 3. The van der Waals surface area contributed by atoms with Crippen LogP contribution in [0.25, 0.3) is 0 Å². The maximum absolute atomic E-state index is 11.9. The molecule has 0 amide bonds. The molecule has 2 atom stereocenters. The first kappa shape index (κ1) is 12.1. The predicted molar refractivity (Wildman–Crippen MR) is 67.7 cm³/mol. The molecule has 2 unspecified atom stereocenters. The Bertz CT molecular complexity index is 432. The minimum atomic E-state index is -0.0857. The van der Waals surface area contributed by atoms with Crippen LogP contribution in [0, 0.1) is 0 Å². The van der Waals surface area contributed by atoms with Crippen molar-refractivity contribution in [3.05, 3.63) is 22.7 Å². The maximum atomic E-state index is 11.9. The number of piperidine rings is 1. The number of hydrazine groups is 1. The fraction of sp³-hybridized carbons (Fsp3) is 0.667. The van der Waals surface area contributed by atoms with Gasteiger partial charge in [-0.1, -0.05) is 6.42 Å². The molecule has 1 aliphatic heterocycles. The van der Waals surface area contributed by atoms with Gasteiger partial charge in [0.15, 0.2) is 0 Å². The van der Waals surface area contributed by atoms with Crippen LogP contribution in [0.1, 0.15) is 33.1 Å². The fourth-order valence-electron chi connectivity index (χ4n) is 2.34. The summed E-state index contributed by atoms with van der Waals surface area (Å²) in [6.45, 7) is 4.35. The number of nitrogens with one attached hydrogen (secondary N) is 1. The van der Waals surface area contributed by atoms with E-state index in [9.17, 15) is 4.79 Å². The van der Waals surface area contributed by atoms with Gasteiger partial charge >= 0.3 is 0 Å². The highest BCUT2D eigenvalue weighted by Gasteiger charge is 2.25. The Balaban J connectivity index is 2.19. The summed E-state index contributed by atoms with van der Waals surface area (Å²) >= 11 is 0. The number of anilines is 1. The lowest BCUT2D eigenvalue weighted by Gasteiger charge is -2.38. The zero-order valence-corrected chi connectivity index (χ0v) is 10.7. The van der Waals surface area contributed by atoms with Gasteiger partial charge in [-0.2, -0.15) is 0 Å². The first-order valence-corrected chi connectivity index (χ1v) is 6.16. The average molecular weight is 236 g/mol. The highest BCUT2D eigenvalue weighted by molar-refractivity contribution is 5.29. The molecule has 1 fully saturated rings. The van der Waals surface area contributed by atoms with E-state index < -0.39 is 0 Å². The quantitative estimate of drug-likeness (QED) is 0.842. The summed E-state index contributed by atoms with van der Waals surface area (Å²) in [7, 11) is 1.73. The molecule has 0 aliphatic carbocycles. The number of aryl methyl sites for hydroxylation is 1. The summed E-state index contributed by atoms with van der Waals surface area (Å²) in [5, 5.41) is 2.15. The molecular weight excluding hydrogens is 216 g/mol. The van der Waals surface area contributed by atoms with Crippen LogP contribution in [0.5, 0.6) is 0 Å². The van der Waals surface area contributed by atoms with Crippen LogP contribution in [0.3, 0.4) is 0 Å². The van der Waals surface area contributed by atoms with E-state index in [2.05, 4.69) is 29.3 Å². The first-order chi connectivity index (χ1) is 8.09. The van der Waals surface area contributed by atoms with E-state index in [1.54, 1.807) is 19.4 Å². The fourth-order valence-corrected chi connectivity index (χ4v) is 2.34. The summed E-state index contributed by atoms with van der Waals surface area (Å²) in [5.41, 5.74) is 3.09. The van der Waals surface area contributed by atoms with Crippen molar-refractivity contribution in [1.29, 1.82) is 0 Å². The molecule has 1 N–H and O–H groups in total. The zero-order valence-electron chi connectivity index (χ0n) is 10.7. The van der Waals surface area contributed by atoms with Gasteiger partial charge in [0.1, 0.15) is 0 Å². The van der Waals surface area contributed by atoms with Crippen molar-refractivity contribution in [3.63, 3.8) is 0 Å². The summed E-state index contributed by atoms with van der Waals surface area (Å²) in [4.78, 5) is 16.0. The van der Waals surface area contributed by atoms with E-state index in [-0.39, 0.29) is 5.56 Å². The second-order valence-corrected chi connectivity index (χ2v) is 4.84. The van der Waals surface area contributed by atoms with Crippen molar-refractivity contribution < 1.29 is 0 Å². The molecule has 5 heteroatoms. The third-order valence-corrected chi connectivity index (χ3v) is 3.45. The minimum absolute atomic E-state index is 0.0857. The summed E-state index contributed by atoms with van der Waals surface area (Å²) in [6.07, 6.45) is 6.87. The highest BCUT2D eigenvalue weighted by Crippen LogP contribution is 2.21. The van der Waals surface area contributed by atoms with Crippen molar-refractivity contribution in [2.24, 2.45) is 7.05 Å². The Morgan fingerprint density at radius 2 is 2.00 bits per heavy atom. The van der Waals surface area contributed by atoms with E-state index in [1.165, 1.54) is 11.0 Å². The van der Waals surface area contributed by atoms with Crippen LogP contribution in [0.2, 0.25) is 0 Å². The van der Waals surface area contributed by atoms with Crippen molar-refractivity contribution in [2.45, 2.75) is 45.2 Å². The van der Waals surface area contributed by atoms with Crippen molar-refractivity contribution in [1.82, 2.24) is 14.6 Å². The van der Waals surface area contributed by atoms with Gasteiger partial charge in [0.25, 0.3) is 5.56 Å². The molecule has 94 valence electrons. The molecule has 0 radical (unpaired) electrons. The summed E-state index contributed by atoms with van der Waals surface area (Å²) in [6, 6.07) is 0.871. The van der Waals surface area contributed by atoms with E-state index in [0.29, 0.717) is 17.9 Å². The van der Waals surface area contributed by atoms with Crippen LogP contribution < -0.4 is 11.0 Å². The molecule has 1 aliphatic rings. The lowest BCUT2D eigenvalue weighted by molar-refractivity contribution is 0.135. The molecule has 2 heterocycles. The van der Waals surface area contributed by atoms with Crippen LogP contribution in [0.4, 0.5) is 5.82 Å². The lowest BCUT2D eigenvalue weighted by Crippen LogP contribution is -2.48. The number of rotatable bonds is 2. The monoisotopic (exact) mass is 236 g/mol. The summed E-state index contributed by atoms with van der Waals surface area (Å²) in [5.74, 6) is 0.413. The third-order valence-electron chi connectivity index (χ3n) is 3.45. The Kier molecular flexibility index (Phi) is 3.47. The Labute approximate surface area is 101 Å². The van der Waals surface area contributed by atoms with E-state index in [1.807, 2.05) is 0 Å². The van der Waals surface area contributed by atoms with E-state index in [0.717, 1.165) is 12.8 Å². The van der Waals surface area contributed by atoms with Crippen molar-refractivity contribution >= 4 is 5.82 Å². The van der Waals surface area contributed by atoms with Gasteiger partial charge in [0.05, 0.1) is 0 Å². The maximum Gasteiger partial charge on any atom is 0.294 e. The van der Waals surface area contributed by atoms with Gasteiger partial charge in [-0.15, -0.1) is 0 Å². The number of hydrogen-bond acceptors (Lipinski definition) is 4. The lowest BCUT2D eigenvalue weighted by atomic mass is 10.00. The molecular formula is C12H20N4O. The average Bonchev–Trinajstić information content (AvgIpc) is 2.29. The van der Waals surface area contributed by atoms with Gasteiger partial charge < -0.3 is 4.57 Å². The normalized spacial score (nSPS) is 25.8. The molecule has 5 nitrogen and oxygen atoms in total. The van der Waals surface area contributed by atoms with Gasteiger partial charge in [-0.3, -0.25) is 10.2 Å². The Morgan fingerprint density at radius 3 is 2.65 bits per heavy atom. The van der Waals surface area contributed by atoms with Crippen LogP contribution in [0.15, 0.2) is 17.2 Å². The molecule has 0 bridgehead atoms. The van der Waals surface area contributed by atoms with Gasteiger partial charge in [0, 0.05) is 31.5 Å². The van der Waals surface area contributed by atoms with E-state index >= 15 is 0 Å². The number of hydrogen-bond donors (Lipinski definition) is 1. The molecule has 17 heavy (non-hydrogen) atoms. The zero-order chi connectivity index (χ0) is 12.4. The highest BCUT2D eigenvalue weighted by atomic mass is 16.1. The minimum Gasteiger partial charge on any atom is -0.314 e. The standard InChI is InChI=1S/C12H20N4O/c1-9-5-4-6-10(2)16(9)14-11-12(17)15(3)8-7-13-11/h7-10H,4-6H2,1-3H3,(H,13,14). The third kappa shape index (κ3) is 2.49. The Morgan fingerprint density at radius 1 is 1.35 bits per heavy atom. The van der Waals surface area contributed by atoms with E-state index in [4.69, 9.17) is 0 Å². The van der Waals surface area contributed by atoms with Crippen LogP contribution in [-0.2, 0) is 7.05 Å².